The zero-order valence-electron chi connectivity index (χ0n) is 5.80. The molecule has 0 saturated carbocycles. The fourth-order valence-electron chi connectivity index (χ4n) is 0.722. The van der Waals surface area contributed by atoms with Crippen molar-refractivity contribution in [3.63, 3.8) is 0 Å². The van der Waals surface area contributed by atoms with Gasteiger partial charge in [-0.25, -0.2) is 4.79 Å². The standard InChI is InChI=1S/C5H7N3O3/c1-2(9)6-3-4(10)8-5(11)7-3/h3H,1H3,(H,6,9)(H2,7,8,10,11)/t3-/m0/s1. The number of nitrogens with one attached hydrogen (secondary N) is 3. The topological polar surface area (TPSA) is 87.3 Å². The molecule has 6 nitrogen and oxygen atoms in total. The Morgan fingerprint density at radius 2 is 2.18 bits per heavy atom. The molecule has 11 heavy (non-hydrogen) atoms. The molecule has 3 N–H and O–H groups in total. The molecule has 0 radical (unpaired) electrons. The van der Waals surface area contributed by atoms with Gasteiger partial charge in [-0.2, -0.15) is 0 Å². The average molecular weight is 157 g/mol. The lowest BCUT2D eigenvalue weighted by Gasteiger charge is -2.05. The quantitative estimate of drug-likeness (QED) is 0.396. The maximum absolute atomic E-state index is 10.7. The van der Waals surface area contributed by atoms with E-state index >= 15 is 0 Å². The Morgan fingerprint density at radius 1 is 1.55 bits per heavy atom. The predicted molar refractivity (Wildman–Crippen MR) is 34.3 cm³/mol. The van der Waals surface area contributed by atoms with Gasteiger partial charge in [0.25, 0.3) is 5.91 Å². The number of hydrogen-bond acceptors (Lipinski definition) is 3. The molecule has 1 rings (SSSR count). The van der Waals surface area contributed by atoms with Crippen molar-refractivity contribution in [2.24, 2.45) is 0 Å². The van der Waals surface area contributed by atoms with E-state index in [-0.39, 0.29) is 5.91 Å². The van der Waals surface area contributed by atoms with E-state index in [2.05, 4.69) is 10.6 Å². The Balaban J connectivity index is 2.53. The summed E-state index contributed by atoms with van der Waals surface area (Å²) in [5.41, 5.74) is 0. The molecule has 4 amide bonds. The summed E-state index contributed by atoms with van der Waals surface area (Å²) >= 11 is 0. The maximum Gasteiger partial charge on any atom is 0.323 e. The fourth-order valence-corrected chi connectivity index (χ4v) is 0.722. The molecule has 1 aliphatic heterocycles. The van der Waals surface area contributed by atoms with Gasteiger partial charge in [-0.3, -0.25) is 14.9 Å². The number of imide groups is 1. The second kappa shape index (κ2) is 2.57. The van der Waals surface area contributed by atoms with Gasteiger partial charge in [0, 0.05) is 6.92 Å². The summed E-state index contributed by atoms with van der Waals surface area (Å²) < 4.78 is 0. The maximum atomic E-state index is 10.7. The van der Waals surface area contributed by atoms with E-state index in [9.17, 15) is 14.4 Å². The minimum Gasteiger partial charge on any atom is -0.328 e. The molecule has 0 aromatic heterocycles. The van der Waals surface area contributed by atoms with Gasteiger partial charge in [0.15, 0.2) is 6.17 Å². The highest BCUT2D eigenvalue weighted by Gasteiger charge is 2.29. The lowest BCUT2D eigenvalue weighted by Crippen LogP contribution is -2.45. The molecular formula is C5H7N3O3. The minimum absolute atomic E-state index is 0.368. The van der Waals surface area contributed by atoms with E-state index in [4.69, 9.17) is 0 Å². The summed E-state index contributed by atoms with van der Waals surface area (Å²) in [5.74, 6) is -0.905. The van der Waals surface area contributed by atoms with Gasteiger partial charge in [0.05, 0.1) is 0 Å². The molecule has 1 aliphatic rings. The number of rotatable bonds is 1. The van der Waals surface area contributed by atoms with Crippen molar-refractivity contribution in [1.29, 1.82) is 0 Å². The molecule has 0 aromatic carbocycles. The van der Waals surface area contributed by atoms with Gasteiger partial charge in [-0.05, 0) is 0 Å². The van der Waals surface area contributed by atoms with Crippen LogP contribution in [0.25, 0.3) is 0 Å². The first kappa shape index (κ1) is 7.52. The SMILES string of the molecule is CC(=O)N[C@H]1NC(=O)NC1=O. The Hall–Kier alpha value is -1.59. The Morgan fingerprint density at radius 3 is 2.55 bits per heavy atom. The largest absolute Gasteiger partial charge is 0.328 e. The van der Waals surface area contributed by atoms with Crippen molar-refractivity contribution in [2.75, 3.05) is 0 Å². The van der Waals surface area contributed by atoms with Crippen LogP contribution in [0.1, 0.15) is 6.92 Å². The molecule has 0 aliphatic carbocycles. The molecular weight excluding hydrogens is 150 g/mol. The first-order chi connectivity index (χ1) is 5.09. The Kier molecular flexibility index (Phi) is 1.75. The van der Waals surface area contributed by atoms with Crippen LogP contribution in [-0.2, 0) is 9.59 Å². The first-order valence-corrected chi connectivity index (χ1v) is 2.98. The van der Waals surface area contributed by atoms with Gasteiger partial charge in [-0.1, -0.05) is 0 Å². The van der Waals surface area contributed by atoms with Crippen LogP contribution in [0.4, 0.5) is 4.79 Å². The number of amides is 4. The highest BCUT2D eigenvalue weighted by molar-refractivity contribution is 6.05. The van der Waals surface area contributed by atoms with Crippen LogP contribution in [0, 0.1) is 0 Å². The zero-order valence-corrected chi connectivity index (χ0v) is 5.80. The van der Waals surface area contributed by atoms with Gasteiger partial charge in [0.1, 0.15) is 0 Å². The van der Waals surface area contributed by atoms with Crippen molar-refractivity contribution in [1.82, 2.24) is 16.0 Å². The third kappa shape index (κ3) is 1.66. The lowest BCUT2D eigenvalue weighted by atomic mass is 10.5. The van der Waals surface area contributed by atoms with E-state index in [0.29, 0.717) is 0 Å². The lowest BCUT2D eigenvalue weighted by molar-refractivity contribution is -0.126. The summed E-state index contributed by atoms with van der Waals surface area (Å²) in [7, 11) is 0. The summed E-state index contributed by atoms with van der Waals surface area (Å²) in [4.78, 5) is 31.6. The third-order valence-electron chi connectivity index (χ3n) is 1.12. The number of hydrogen-bond donors (Lipinski definition) is 3. The highest BCUT2D eigenvalue weighted by atomic mass is 16.2. The smallest absolute Gasteiger partial charge is 0.323 e. The van der Waals surface area contributed by atoms with E-state index in [1.807, 2.05) is 5.32 Å². The molecule has 0 bridgehead atoms. The number of urea groups is 1. The minimum atomic E-state index is -0.917. The molecule has 1 fully saturated rings. The molecule has 0 aromatic rings. The Labute approximate surface area is 62.3 Å². The van der Waals surface area contributed by atoms with E-state index < -0.39 is 18.1 Å². The van der Waals surface area contributed by atoms with E-state index in [0.717, 1.165) is 0 Å². The Bertz CT molecular complexity index is 225. The molecule has 60 valence electrons. The summed E-state index contributed by atoms with van der Waals surface area (Å²) in [5, 5.41) is 6.41. The second-order valence-electron chi connectivity index (χ2n) is 2.10. The van der Waals surface area contributed by atoms with Crippen LogP contribution in [-0.4, -0.2) is 24.0 Å². The van der Waals surface area contributed by atoms with Gasteiger partial charge >= 0.3 is 6.03 Å². The number of carbonyl (C=O) groups excluding carboxylic acids is 3. The van der Waals surface area contributed by atoms with Crippen LogP contribution in [0.5, 0.6) is 0 Å². The van der Waals surface area contributed by atoms with Crippen LogP contribution in [0.15, 0.2) is 0 Å². The first-order valence-electron chi connectivity index (χ1n) is 2.98. The van der Waals surface area contributed by atoms with Gasteiger partial charge < -0.3 is 10.6 Å². The van der Waals surface area contributed by atoms with Crippen LogP contribution < -0.4 is 16.0 Å². The van der Waals surface area contributed by atoms with Crippen molar-refractivity contribution in [3.05, 3.63) is 0 Å². The summed E-state index contributed by atoms with van der Waals surface area (Å²) in [6.07, 6.45) is -0.917. The summed E-state index contributed by atoms with van der Waals surface area (Å²) in [6.45, 7) is 1.26. The zero-order chi connectivity index (χ0) is 8.43. The fraction of sp³-hybridized carbons (Fsp3) is 0.400. The van der Waals surface area contributed by atoms with Crippen molar-refractivity contribution >= 4 is 17.8 Å². The predicted octanol–water partition coefficient (Wildman–Crippen LogP) is -1.71. The van der Waals surface area contributed by atoms with Crippen LogP contribution >= 0.6 is 0 Å². The molecule has 0 spiro atoms. The monoisotopic (exact) mass is 157 g/mol. The van der Waals surface area contributed by atoms with Crippen molar-refractivity contribution in [3.8, 4) is 0 Å². The summed E-state index contributed by atoms with van der Waals surface area (Å²) in [6, 6.07) is -0.589. The second-order valence-corrected chi connectivity index (χ2v) is 2.10. The molecule has 1 heterocycles. The van der Waals surface area contributed by atoms with Crippen molar-refractivity contribution in [2.45, 2.75) is 13.1 Å². The third-order valence-corrected chi connectivity index (χ3v) is 1.12. The van der Waals surface area contributed by atoms with Crippen LogP contribution in [0.2, 0.25) is 0 Å². The molecule has 0 unspecified atom stereocenters. The van der Waals surface area contributed by atoms with Crippen molar-refractivity contribution < 1.29 is 14.4 Å². The van der Waals surface area contributed by atoms with E-state index in [1.165, 1.54) is 6.92 Å². The number of carbonyl (C=O) groups is 3. The van der Waals surface area contributed by atoms with Gasteiger partial charge in [0.2, 0.25) is 5.91 Å². The average Bonchev–Trinajstić information content (AvgIpc) is 2.09. The van der Waals surface area contributed by atoms with Gasteiger partial charge in [-0.15, -0.1) is 0 Å². The molecule has 1 saturated heterocycles. The van der Waals surface area contributed by atoms with Crippen LogP contribution in [0.3, 0.4) is 0 Å². The molecule has 1 atom stereocenters. The highest BCUT2D eigenvalue weighted by Crippen LogP contribution is 1.87. The normalized spacial score (nSPS) is 22.5. The molecule has 6 heteroatoms. The van der Waals surface area contributed by atoms with E-state index in [1.54, 1.807) is 0 Å².